The summed E-state index contributed by atoms with van der Waals surface area (Å²) in [6.45, 7) is 4.46. The number of oxazole rings is 1. The Morgan fingerprint density at radius 3 is 2.61 bits per heavy atom. The molecule has 0 saturated heterocycles. The highest BCUT2D eigenvalue weighted by molar-refractivity contribution is 7.99. The van der Waals surface area contributed by atoms with Crippen LogP contribution in [-0.2, 0) is 0 Å². The Bertz CT molecular complexity index is 464. The summed E-state index contributed by atoms with van der Waals surface area (Å²) in [6, 6.07) is 7.89. The second-order valence-corrected chi connectivity index (χ2v) is 5.84. The molecule has 0 amide bonds. The number of benzene rings is 1. The summed E-state index contributed by atoms with van der Waals surface area (Å²) in [6.07, 6.45) is 2.28. The van der Waals surface area contributed by atoms with Gasteiger partial charge >= 0.3 is 0 Å². The van der Waals surface area contributed by atoms with Crippen molar-refractivity contribution in [3.05, 3.63) is 24.3 Å². The van der Waals surface area contributed by atoms with Crippen molar-refractivity contribution in [3.8, 4) is 0 Å². The molecule has 2 aromatic rings. The molecule has 0 radical (unpaired) electrons. The Morgan fingerprint density at radius 2 is 2.00 bits per heavy atom. The predicted octanol–water partition coefficient (Wildman–Crippen LogP) is 4.66. The van der Waals surface area contributed by atoms with E-state index in [-0.39, 0.29) is 5.41 Å². The van der Waals surface area contributed by atoms with Crippen LogP contribution in [-0.4, -0.2) is 16.5 Å². The van der Waals surface area contributed by atoms with E-state index < -0.39 is 0 Å². The van der Waals surface area contributed by atoms with Gasteiger partial charge in [-0.3, -0.25) is 0 Å². The first-order valence-corrected chi connectivity index (χ1v) is 7.94. The smallest absolute Gasteiger partial charge is 0.256 e. The molecule has 0 saturated carbocycles. The fourth-order valence-corrected chi connectivity index (χ4v) is 3.81. The molecule has 0 atom stereocenters. The van der Waals surface area contributed by atoms with Crippen molar-refractivity contribution in [3.63, 3.8) is 0 Å². The van der Waals surface area contributed by atoms with E-state index in [0.717, 1.165) is 40.7 Å². The first kappa shape index (κ1) is 13.8. The monoisotopic (exact) mass is 281 g/mol. The van der Waals surface area contributed by atoms with Crippen molar-refractivity contribution in [1.82, 2.24) is 4.98 Å². The fraction of sp³-hybridized carbons (Fsp3) is 0.500. The van der Waals surface area contributed by atoms with Crippen molar-refractivity contribution in [2.45, 2.75) is 31.9 Å². The van der Waals surface area contributed by atoms with Crippen LogP contribution in [0, 0.1) is 5.41 Å². The first-order valence-electron chi connectivity index (χ1n) is 6.32. The number of aromatic nitrogens is 1. The van der Waals surface area contributed by atoms with Crippen molar-refractivity contribution >= 4 is 35.5 Å². The van der Waals surface area contributed by atoms with E-state index in [2.05, 4.69) is 31.5 Å². The van der Waals surface area contributed by atoms with E-state index in [1.807, 2.05) is 24.3 Å². The van der Waals surface area contributed by atoms with Gasteiger partial charge in [0.05, 0.1) is 0 Å². The highest BCUT2D eigenvalue weighted by Crippen LogP contribution is 2.35. The summed E-state index contributed by atoms with van der Waals surface area (Å²) in [5, 5.41) is 0.768. The lowest BCUT2D eigenvalue weighted by Gasteiger charge is -2.28. The largest absolute Gasteiger partial charge is 0.431 e. The molecule has 4 heteroatoms. The van der Waals surface area contributed by atoms with E-state index in [4.69, 9.17) is 4.42 Å². The minimum atomic E-state index is 0.286. The molecule has 2 nitrogen and oxygen atoms in total. The van der Waals surface area contributed by atoms with Gasteiger partial charge in [0.15, 0.2) is 5.58 Å². The van der Waals surface area contributed by atoms with Crippen LogP contribution in [0.1, 0.15) is 26.7 Å². The topological polar surface area (TPSA) is 26.0 Å². The summed E-state index contributed by atoms with van der Waals surface area (Å²) >= 11 is 6.19. The Labute approximate surface area is 118 Å². The fourth-order valence-electron chi connectivity index (χ4n) is 1.85. The van der Waals surface area contributed by atoms with Crippen molar-refractivity contribution < 1.29 is 4.42 Å². The number of thioether (sulfide) groups is 1. The molecule has 1 aromatic carbocycles. The minimum Gasteiger partial charge on any atom is -0.431 e. The van der Waals surface area contributed by atoms with Crippen LogP contribution < -0.4 is 0 Å². The van der Waals surface area contributed by atoms with Crippen molar-refractivity contribution in [1.29, 1.82) is 0 Å². The standard InChI is InChI=1S/C14H19NOS2/c1-3-14(4-2,9-17)10-18-13-15-11-7-5-6-8-12(11)16-13/h5-8,17H,3-4,9-10H2,1-2H3. The predicted molar refractivity (Wildman–Crippen MR) is 81.6 cm³/mol. The molecule has 0 aliphatic heterocycles. The highest BCUT2D eigenvalue weighted by Gasteiger charge is 2.25. The Kier molecular flexibility index (Phi) is 4.62. The van der Waals surface area contributed by atoms with E-state index in [0.29, 0.717) is 0 Å². The molecular weight excluding hydrogens is 262 g/mol. The highest BCUT2D eigenvalue weighted by atomic mass is 32.2. The number of hydrogen-bond donors (Lipinski definition) is 1. The van der Waals surface area contributed by atoms with E-state index in [9.17, 15) is 0 Å². The number of nitrogens with zero attached hydrogens (tertiary/aromatic N) is 1. The molecule has 0 spiro atoms. The molecule has 0 N–H and O–H groups in total. The maximum absolute atomic E-state index is 5.72. The lowest BCUT2D eigenvalue weighted by atomic mass is 9.87. The summed E-state index contributed by atoms with van der Waals surface area (Å²) < 4.78 is 5.72. The summed E-state index contributed by atoms with van der Waals surface area (Å²) in [7, 11) is 0. The molecule has 0 bridgehead atoms. The average molecular weight is 281 g/mol. The number of fused-ring (bicyclic) bond motifs is 1. The Balaban J connectivity index is 2.09. The molecule has 0 fully saturated rings. The first-order chi connectivity index (χ1) is 8.73. The van der Waals surface area contributed by atoms with Gasteiger partial charge in [0.1, 0.15) is 5.52 Å². The molecule has 0 aliphatic carbocycles. The minimum absolute atomic E-state index is 0.286. The van der Waals surface area contributed by atoms with Gasteiger partial charge in [-0.2, -0.15) is 12.6 Å². The van der Waals surface area contributed by atoms with Gasteiger partial charge in [0.2, 0.25) is 0 Å². The van der Waals surface area contributed by atoms with Crippen LogP contribution in [0.4, 0.5) is 0 Å². The third-order valence-electron chi connectivity index (χ3n) is 3.61. The second-order valence-electron chi connectivity index (χ2n) is 4.60. The lowest BCUT2D eigenvalue weighted by Crippen LogP contribution is -2.24. The van der Waals surface area contributed by atoms with Gasteiger partial charge in [-0.05, 0) is 36.1 Å². The Hall–Kier alpha value is -0.610. The quantitative estimate of drug-likeness (QED) is 0.616. The van der Waals surface area contributed by atoms with Gasteiger partial charge in [0, 0.05) is 5.75 Å². The van der Waals surface area contributed by atoms with Gasteiger partial charge in [-0.15, -0.1) is 0 Å². The summed E-state index contributed by atoms with van der Waals surface area (Å²) in [5.74, 6) is 1.92. The zero-order valence-corrected chi connectivity index (χ0v) is 12.6. The van der Waals surface area contributed by atoms with E-state index >= 15 is 0 Å². The molecule has 1 heterocycles. The van der Waals surface area contributed by atoms with Crippen LogP contribution in [0.3, 0.4) is 0 Å². The molecule has 0 aliphatic rings. The van der Waals surface area contributed by atoms with Gasteiger partial charge < -0.3 is 4.42 Å². The van der Waals surface area contributed by atoms with Crippen LogP contribution in [0.2, 0.25) is 0 Å². The van der Waals surface area contributed by atoms with E-state index in [1.165, 1.54) is 0 Å². The number of para-hydroxylation sites is 2. The van der Waals surface area contributed by atoms with Crippen molar-refractivity contribution in [2.24, 2.45) is 5.41 Å². The number of rotatable bonds is 6. The van der Waals surface area contributed by atoms with Gasteiger partial charge in [0.25, 0.3) is 5.22 Å². The SMILES string of the molecule is CCC(CC)(CS)CSc1nc2ccccc2o1. The maximum atomic E-state index is 5.72. The third-order valence-corrected chi connectivity index (χ3v) is 5.46. The van der Waals surface area contributed by atoms with Crippen LogP contribution in [0.15, 0.2) is 33.9 Å². The lowest BCUT2D eigenvalue weighted by molar-refractivity contribution is 0.355. The summed E-state index contributed by atoms with van der Waals surface area (Å²) in [4.78, 5) is 4.49. The maximum Gasteiger partial charge on any atom is 0.256 e. The van der Waals surface area contributed by atoms with Crippen LogP contribution in [0.5, 0.6) is 0 Å². The van der Waals surface area contributed by atoms with Crippen LogP contribution in [0.25, 0.3) is 11.1 Å². The molecule has 0 unspecified atom stereocenters. The van der Waals surface area contributed by atoms with E-state index in [1.54, 1.807) is 11.8 Å². The molecular formula is C14H19NOS2. The number of thiol groups is 1. The van der Waals surface area contributed by atoms with Crippen LogP contribution >= 0.6 is 24.4 Å². The van der Waals surface area contributed by atoms with Gasteiger partial charge in [-0.1, -0.05) is 37.7 Å². The average Bonchev–Trinajstić information content (AvgIpc) is 2.84. The molecule has 18 heavy (non-hydrogen) atoms. The second kappa shape index (κ2) is 6.02. The molecule has 1 aromatic heterocycles. The third kappa shape index (κ3) is 2.86. The molecule has 2 rings (SSSR count). The van der Waals surface area contributed by atoms with Gasteiger partial charge in [-0.25, -0.2) is 4.98 Å². The zero-order valence-electron chi connectivity index (χ0n) is 10.8. The summed E-state index contributed by atoms with van der Waals surface area (Å²) in [5.41, 5.74) is 2.09. The molecule has 98 valence electrons. The normalized spacial score (nSPS) is 12.2. The van der Waals surface area contributed by atoms with Crippen molar-refractivity contribution in [2.75, 3.05) is 11.5 Å². The number of hydrogen-bond acceptors (Lipinski definition) is 4. The zero-order chi connectivity index (χ0) is 13.0. The Morgan fingerprint density at radius 1 is 1.28 bits per heavy atom.